The third-order valence-electron chi connectivity index (χ3n) is 2.59. The van der Waals surface area contributed by atoms with E-state index in [0.29, 0.717) is 22.4 Å². The lowest BCUT2D eigenvalue weighted by Crippen LogP contribution is -1.94. The number of non-ortho nitro benzene ring substituents is 1. The number of para-hydroxylation sites is 1. The number of hydrogen-bond acceptors (Lipinski definition) is 4. The summed E-state index contributed by atoms with van der Waals surface area (Å²) in [6.07, 6.45) is 0. The summed E-state index contributed by atoms with van der Waals surface area (Å²) in [7, 11) is 0. The Bertz CT molecular complexity index is 660. The first-order valence-corrected chi connectivity index (χ1v) is 5.17. The minimum Gasteiger partial charge on any atom is -0.398 e. The van der Waals surface area contributed by atoms with Crippen LogP contribution in [0.1, 0.15) is 5.56 Å². The fourth-order valence-electron chi connectivity index (χ4n) is 1.71. The Labute approximate surface area is 103 Å². The second kappa shape index (κ2) is 4.55. The van der Waals surface area contributed by atoms with Crippen molar-refractivity contribution >= 4 is 11.4 Å². The van der Waals surface area contributed by atoms with Crippen LogP contribution in [-0.4, -0.2) is 4.92 Å². The molecule has 0 aliphatic carbocycles. The van der Waals surface area contributed by atoms with E-state index in [1.807, 2.05) is 6.07 Å². The number of nitriles is 1. The zero-order valence-corrected chi connectivity index (χ0v) is 9.33. The third kappa shape index (κ3) is 1.99. The summed E-state index contributed by atoms with van der Waals surface area (Å²) in [5, 5.41) is 19.8. The molecule has 0 saturated heterocycles. The Kier molecular flexibility index (Phi) is 2.94. The Hall–Kier alpha value is -2.87. The number of nitrogens with zero attached hydrogens (tertiary/aromatic N) is 2. The van der Waals surface area contributed by atoms with Crippen molar-refractivity contribution in [3.63, 3.8) is 0 Å². The normalized spacial score (nSPS) is 9.72. The number of hydrogen-bond donors (Lipinski definition) is 1. The number of nitrogen functional groups attached to an aromatic ring is 1. The van der Waals surface area contributed by atoms with Gasteiger partial charge in [-0.05, 0) is 12.1 Å². The van der Waals surface area contributed by atoms with E-state index >= 15 is 0 Å². The van der Waals surface area contributed by atoms with Gasteiger partial charge in [-0.2, -0.15) is 5.26 Å². The summed E-state index contributed by atoms with van der Waals surface area (Å²) in [5.74, 6) is 0. The second-order valence-electron chi connectivity index (χ2n) is 3.69. The molecule has 0 radical (unpaired) electrons. The lowest BCUT2D eigenvalue weighted by Gasteiger charge is -2.07. The first-order chi connectivity index (χ1) is 8.63. The molecule has 2 rings (SSSR count). The van der Waals surface area contributed by atoms with E-state index in [9.17, 15) is 10.1 Å². The Balaban J connectivity index is 2.69. The average molecular weight is 239 g/mol. The van der Waals surface area contributed by atoms with Gasteiger partial charge < -0.3 is 5.73 Å². The lowest BCUT2D eigenvalue weighted by molar-refractivity contribution is -0.384. The van der Waals surface area contributed by atoms with Crippen LogP contribution in [0.5, 0.6) is 0 Å². The van der Waals surface area contributed by atoms with Gasteiger partial charge in [-0.15, -0.1) is 0 Å². The van der Waals surface area contributed by atoms with Crippen molar-refractivity contribution in [1.82, 2.24) is 0 Å². The SMILES string of the molecule is N#Cc1ccc([N+](=O)[O-])cc1-c1ccccc1N. The highest BCUT2D eigenvalue weighted by atomic mass is 16.6. The van der Waals surface area contributed by atoms with Crippen LogP contribution in [-0.2, 0) is 0 Å². The van der Waals surface area contributed by atoms with Crippen LogP contribution in [0.2, 0.25) is 0 Å². The van der Waals surface area contributed by atoms with Crippen molar-refractivity contribution in [3.8, 4) is 17.2 Å². The summed E-state index contributed by atoms with van der Waals surface area (Å²) >= 11 is 0. The molecule has 0 unspecified atom stereocenters. The van der Waals surface area contributed by atoms with Crippen LogP contribution < -0.4 is 5.73 Å². The molecule has 0 amide bonds. The number of nitro benzene ring substituents is 1. The molecule has 0 aromatic heterocycles. The maximum atomic E-state index is 10.8. The molecule has 0 aliphatic heterocycles. The van der Waals surface area contributed by atoms with Gasteiger partial charge in [0.25, 0.3) is 5.69 Å². The molecule has 0 aliphatic rings. The van der Waals surface area contributed by atoms with Crippen LogP contribution in [0.25, 0.3) is 11.1 Å². The van der Waals surface area contributed by atoms with Gasteiger partial charge in [0.2, 0.25) is 0 Å². The fourth-order valence-corrected chi connectivity index (χ4v) is 1.71. The molecule has 2 aromatic carbocycles. The fraction of sp³-hybridized carbons (Fsp3) is 0. The summed E-state index contributed by atoms with van der Waals surface area (Å²) in [6, 6.07) is 13.1. The topological polar surface area (TPSA) is 92.9 Å². The molecule has 5 heteroatoms. The second-order valence-corrected chi connectivity index (χ2v) is 3.69. The van der Waals surface area contributed by atoms with E-state index in [1.165, 1.54) is 18.2 Å². The van der Waals surface area contributed by atoms with Crippen molar-refractivity contribution in [3.05, 3.63) is 58.1 Å². The Morgan fingerprint density at radius 2 is 1.89 bits per heavy atom. The van der Waals surface area contributed by atoms with Crippen LogP contribution in [0.3, 0.4) is 0 Å². The van der Waals surface area contributed by atoms with E-state index in [4.69, 9.17) is 11.0 Å². The van der Waals surface area contributed by atoms with Crippen LogP contribution in [0.4, 0.5) is 11.4 Å². The molecule has 0 bridgehead atoms. The first kappa shape index (κ1) is 11.6. The van der Waals surface area contributed by atoms with E-state index in [1.54, 1.807) is 24.3 Å². The third-order valence-corrected chi connectivity index (χ3v) is 2.59. The molecule has 0 saturated carbocycles. The highest BCUT2D eigenvalue weighted by molar-refractivity contribution is 5.81. The van der Waals surface area contributed by atoms with Crippen LogP contribution in [0.15, 0.2) is 42.5 Å². The van der Waals surface area contributed by atoms with Gasteiger partial charge in [-0.1, -0.05) is 18.2 Å². The highest BCUT2D eigenvalue weighted by Crippen LogP contribution is 2.31. The predicted octanol–water partition coefficient (Wildman–Crippen LogP) is 2.72. The summed E-state index contributed by atoms with van der Waals surface area (Å²) in [6.45, 7) is 0. The van der Waals surface area contributed by atoms with Gasteiger partial charge in [0.1, 0.15) is 0 Å². The van der Waals surface area contributed by atoms with Crippen molar-refractivity contribution in [2.75, 3.05) is 5.73 Å². The molecule has 2 aromatic rings. The van der Waals surface area contributed by atoms with Crippen molar-refractivity contribution in [1.29, 1.82) is 5.26 Å². The maximum absolute atomic E-state index is 10.8. The first-order valence-electron chi connectivity index (χ1n) is 5.17. The zero-order chi connectivity index (χ0) is 13.1. The summed E-state index contributed by atoms with van der Waals surface area (Å²) in [4.78, 5) is 10.3. The van der Waals surface area contributed by atoms with E-state index in [2.05, 4.69) is 0 Å². The van der Waals surface area contributed by atoms with Crippen LogP contribution in [0, 0.1) is 21.4 Å². The van der Waals surface area contributed by atoms with Crippen molar-refractivity contribution < 1.29 is 4.92 Å². The molecular weight excluding hydrogens is 230 g/mol. The minimum absolute atomic E-state index is 0.0627. The van der Waals surface area contributed by atoms with E-state index in [-0.39, 0.29) is 5.69 Å². The Morgan fingerprint density at radius 1 is 1.17 bits per heavy atom. The highest BCUT2D eigenvalue weighted by Gasteiger charge is 2.13. The summed E-state index contributed by atoms with van der Waals surface area (Å²) < 4.78 is 0. The molecule has 0 fully saturated rings. The van der Waals surface area contributed by atoms with Gasteiger partial charge in [-0.3, -0.25) is 10.1 Å². The van der Waals surface area contributed by atoms with E-state index in [0.717, 1.165) is 0 Å². The maximum Gasteiger partial charge on any atom is 0.270 e. The molecule has 0 atom stereocenters. The number of benzene rings is 2. The average Bonchev–Trinajstić information content (AvgIpc) is 2.38. The molecule has 0 spiro atoms. The number of nitro groups is 1. The number of rotatable bonds is 2. The molecule has 18 heavy (non-hydrogen) atoms. The van der Waals surface area contributed by atoms with Gasteiger partial charge in [0, 0.05) is 28.9 Å². The number of anilines is 1. The standard InChI is InChI=1S/C13H9N3O2/c14-8-9-5-6-10(16(17)18)7-12(9)11-3-1-2-4-13(11)15/h1-7H,15H2. The van der Waals surface area contributed by atoms with Gasteiger partial charge >= 0.3 is 0 Å². The largest absolute Gasteiger partial charge is 0.398 e. The quantitative estimate of drug-likeness (QED) is 0.495. The van der Waals surface area contributed by atoms with Crippen molar-refractivity contribution in [2.24, 2.45) is 0 Å². The van der Waals surface area contributed by atoms with E-state index < -0.39 is 4.92 Å². The molecule has 5 nitrogen and oxygen atoms in total. The summed E-state index contributed by atoms with van der Waals surface area (Å²) in [5.41, 5.74) is 7.70. The van der Waals surface area contributed by atoms with Crippen LogP contribution >= 0.6 is 0 Å². The minimum atomic E-state index is -0.496. The molecule has 2 N–H and O–H groups in total. The molecule has 88 valence electrons. The smallest absolute Gasteiger partial charge is 0.270 e. The lowest BCUT2D eigenvalue weighted by atomic mass is 9.98. The van der Waals surface area contributed by atoms with Crippen molar-refractivity contribution in [2.45, 2.75) is 0 Å². The van der Waals surface area contributed by atoms with Gasteiger partial charge in [-0.25, -0.2) is 0 Å². The van der Waals surface area contributed by atoms with Gasteiger partial charge in [0.05, 0.1) is 16.6 Å². The predicted molar refractivity (Wildman–Crippen MR) is 67.7 cm³/mol. The zero-order valence-electron chi connectivity index (χ0n) is 9.33. The Morgan fingerprint density at radius 3 is 2.50 bits per heavy atom. The van der Waals surface area contributed by atoms with Gasteiger partial charge in [0.15, 0.2) is 0 Å². The number of nitrogens with two attached hydrogens (primary N) is 1. The monoisotopic (exact) mass is 239 g/mol. The molecular formula is C13H9N3O2. The molecule has 0 heterocycles.